The van der Waals surface area contributed by atoms with Gasteiger partial charge in [-0.15, -0.1) is 0 Å². The monoisotopic (exact) mass is 209 g/mol. The zero-order chi connectivity index (χ0) is 11.1. The fourth-order valence-corrected chi connectivity index (χ4v) is 5.20. The van der Waals surface area contributed by atoms with E-state index in [0.717, 1.165) is 0 Å². The van der Waals surface area contributed by atoms with E-state index in [2.05, 4.69) is 52.8 Å². The summed E-state index contributed by atoms with van der Waals surface area (Å²) in [4.78, 5) is 3.54. The van der Waals surface area contributed by atoms with Crippen molar-refractivity contribution in [2.75, 3.05) is 7.05 Å². The van der Waals surface area contributed by atoms with Gasteiger partial charge in [0.05, 0.1) is 0 Å². The molecule has 0 amide bonds. The molecule has 0 heterocycles. The van der Waals surface area contributed by atoms with E-state index in [0.29, 0.717) is 5.92 Å². The lowest BCUT2D eigenvalue weighted by Crippen LogP contribution is -2.46. The topological polar surface area (TPSA) is 12.0 Å². The van der Waals surface area contributed by atoms with E-state index in [4.69, 9.17) is 0 Å². The average Bonchev–Trinajstić information content (AvgIpc) is 2.31. The summed E-state index contributed by atoms with van der Waals surface area (Å²) in [6.07, 6.45) is 0. The number of rotatable bonds is 2. The van der Waals surface area contributed by atoms with Crippen LogP contribution in [0.3, 0.4) is 0 Å². The molecule has 1 N–H and O–H groups in total. The van der Waals surface area contributed by atoms with Crippen LogP contribution < -0.4 is 4.98 Å². The molecule has 1 atom stereocenters. The zero-order valence-electron chi connectivity index (χ0n) is 10.6. The summed E-state index contributed by atoms with van der Waals surface area (Å²) >= 11 is 0. The second-order valence-corrected chi connectivity index (χ2v) is 9.23. The molecule has 0 bridgehead atoms. The van der Waals surface area contributed by atoms with Crippen LogP contribution in [0.4, 0.5) is 0 Å². The van der Waals surface area contributed by atoms with Gasteiger partial charge in [0.15, 0.2) is 0 Å². The van der Waals surface area contributed by atoms with Gasteiger partial charge in [0, 0.05) is 0 Å². The summed E-state index contributed by atoms with van der Waals surface area (Å²) in [7, 11) is 0.733. The Bertz CT molecular complexity index is 310. The number of hydrogen-bond acceptors (Lipinski definition) is 1. The highest BCUT2D eigenvalue weighted by Gasteiger charge is 2.35. The molecule has 2 heteroatoms. The van der Waals surface area contributed by atoms with E-state index < -0.39 is 8.24 Å². The fourth-order valence-electron chi connectivity index (χ4n) is 2.51. The predicted molar refractivity (Wildman–Crippen MR) is 66.8 cm³/mol. The standard InChI is InChI=1S/C12H23NSi/c1-8-9(2)11(4)12(10(8)3)14(6,7)13-5/h10,13H,1-7H3. The number of allylic oxidation sites excluding steroid dienone is 4. The van der Waals surface area contributed by atoms with Crippen molar-refractivity contribution in [2.45, 2.75) is 40.8 Å². The first-order valence-corrected chi connectivity index (χ1v) is 8.40. The molecule has 0 saturated carbocycles. The maximum Gasteiger partial charge on any atom is 0.148 e. The lowest BCUT2D eigenvalue weighted by molar-refractivity contribution is 0.840. The van der Waals surface area contributed by atoms with Crippen LogP contribution >= 0.6 is 0 Å². The Hall–Kier alpha value is -0.343. The summed E-state index contributed by atoms with van der Waals surface area (Å²) in [5.74, 6) is 0.657. The summed E-state index contributed by atoms with van der Waals surface area (Å²) in [5.41, 5.74) is 4.62. The molecule has 1 aliphatic rings. The Morgan fingerprint density at radius 3 is 1.86 bits per heavy atom. The van der Waals surface area contributed by atoms with Gasteiger partial charge in [0.25, 0.3) is 0 Å². The molecule has 1 rings (SSSR count). The van der Waals surface area contributed by atoms with Gasteiger partial charge in [0.1, 0.15) is 8.24 Å². The molecular formula is C12H23NSi. The Labute approximate surface area is 89.4 Å². The minimum atomic E-state index is -1.37. The number of hydrogen-bond donors (Lipinski definition) is 1. The second kappa shape index (κ2) is 3.67. The van der Waals surface area contributed by atoms with Crippen LogP contribution in [0.15, 0.2) is 21.9 Å². The van der Waals surface area contributed by atoms with Crippen LogP contribution in [0.1, 0.15) is 27.7 Å². The normalized spacial score (nSPS) is 23.8. The molecule has 0 saturated heterocycles. The van der Waals surface area contributed by atoms with E-state index >= 15 is 0 Å². The SMILES string of the molecule is CN[Si](C)(C)C1=C(C)C(C)=C(C)C1C. The van der Waals surface area contributed by atoms with Crippen molar-refractivity contribution in [2.24, 2.45) is 5.92 Å². The predicted octanol–water partition coefficient (Wildman–Crippen LogP) is 3.25. The molecule has 0 aliphatic heterocycles. The first kappa shape index (κ1) is 11.7. The van der Waals surface area contributed by atoms with Crippen molar-refractivity contribution < 1.29 is 0 Å². The van der Waals surface area contributed by atoms with Crippen LogP contribution in [0.5, 0.6) is 0 Å². The molecule has 80 valence electrons. The lowest BCUT2D eigenvalue weighted by Gasteiger charge is -2.28. The molecule has 0 aromatic heterocycles. The van der Waals surface area contributed by atoms with Crippen molar-refractivity contribution in [1.82, 2.24) is 4.98 Å². The smallest absolute Gasteiger partial charge is 0.148 e. The minimum Gasteiger partial charge on any atom is -0.337 e. The largest absolute Gasteiger partial charge is 0.337 e. The molecule has 0 aromatic carbocycles. The highest BCUT2D eigenvalue weighted by Crippen LogP contribution is 2.40. The van der Waals surface area contributed by atoms with Crippen molar-refractivity contribution in [3.8, 4) is 0 Å². The highest BCUT2D eigenvalue weighted by atomic mass is 28.3. The highest BCUT2D eigenvalue weighted by molar-refractivity contribution is 6.82. The maximum absolute atomic E-state index is 3.54. The van der Waals surface area contributed by atoms with E-state index in [1.54, 1.807) is 16.3 Å². The Kier molecular flexibility index (Phi) is 3.07. The average molecular weight is 209 g/mol. The molecule has 0 spiro atoms. The lowest BCUT2D eigenvalue weighted by atomic mass is 10.1. The molecule has 0 fully saturated rings. The Morgan fingerprint density at radius 2 is 1.57 bits per heavy atom. The van der Waals surface area contributed by atoms with Gasteiger partial charge in [0.2, 0.25) is 0 Å². The summed E-state index contributed by atoms with van der Waals surface area (Å²) in [6.45, 7) is 14.0. The van der Waals surface area contributed by atoms with Gasteiger partial charge in [-0.05, 0) is 39.3 Å². The van der Waals surface area contributed by atoms with E-state index in [1.807, 2.05) is 0 Å². The molecular weight excluding hydrogens is 186 g/mol. The van der Waals surface area contributed by atoms with Crippen LogP contribution in [-0.4, -0.2) is 15.3 Å². The quantitative estimate of drug-likeness (QED) is 0.688. The van der Waals surface area contributed by atoms with Crippen LogP contribution in [0, 0.1) is 5.92 Å². The first-order chi connectivity index (χ1) is 6.33. The van der Waals surface area contributed by atoms with Crippen LogP contribution in [-0.2, 0) is 0 Å². The van der Waals surface area contributed by atoms with Gasteiger partial charge >= 0.3 is 0 Å². The van der Waals surface area contributed by atoms with Crippen LogP contribution in [0.25, 0.3) is 0 Å². The molecule has 1 nitrogen and oxygen atoms in total. The zero-order valence-corrected chi connectivity index (χ0v) is 11.6. The first-order valence-electron chi connectivity index (χ1n) is 5.40. The molecule has 14 heavy (non-hydrogen) atoms. The van der Waals surface area contributed by atoms with Crippen molar-refractivity contribution in [3.63, 3.8) is 0 Å². The van der Waals surface area contributed by atoms with Crippen molar-refractivity contribution in [1.29, 1.82) is 0 Å². The molecule has 0 radical (unpaired) electrons. The van der Waals surface area contributed by atoms with Gasteiger partial charge in [-0.2, -0.15) is 0 Å². The van der Waals surface area contributed by atoms with Crippen LogP contribution in [0.2, 0.25) is 13.1 Å². The van der Waals surface area contributed by atoms with Crippen molar-refractivity contribution in [3.05, 3.63) is 21.9 Å². The van der Waals surface area contributed by atoms with E-state index in [-0.39, 0.29) is 0 Å². The summed E-state index contributed by atoms with van der Waals surface area (Å²) < 4.78 is 0. The molecule has 1 unspecified atom stereocenters. The van der Waals surface area contributed by atoms with Gasteiger partial charge in [-0.25, -0.2) is 0 Å². The third-order valence-corrected chi connectivity index (χ3v) is 7.34. The van der Waals surface area contributed by atoms with E-state index in [9.17, 15) is 0 Å². The van der Waals surface area contributed by atoms with E-state index in [1.165, 1.54) is 5.57 Å². The van der Waals surface area contributed by atoms with Crippen molar-refractivity contribution >= 4 is 8.24 Å². The van der Waals surface area contributed by atoms with Gasteiger partial charge < -0.3 is 4.98 Å². The number of nitrogens with one attached hydrogen (secondary N) is 1. The maximum atomic E-state index is 3.54. The Morgan fingerprint density at radius 1 is 1.07 bits per heavy atom. The molecule has 1 aliphatic carbocycles. The summed E-state index contributed by atoms with van der Waals surface area (Å²) in [6, 6.07) is 0. The fraction of sp³-hybridized carbons (Fsp3) is 0.667. The minimum absolute atomic E-state index is 0.657. The van der Waals surface area contributed by atoms with Gasteiger partial charge in [-0.3, -0.25) is 0 Å². The second-order valence-electron chi connectivity index (χ2n) is 4.94. The van der Waals surface area contributed by atoms with Gasteiger partial charge in [-0.1, -0.05) is 36.4 Å². The molecule has 0 aromatic rings. The Balaban J connectivity index is 3.17. The third-order valence-electron chi connectivity index (χ3n) is 3.94. The third kappa shape index (κ3) is 1.61. The summed E-state index contributed by atoms with van der Waals surface area (Å²) in [5, 5.41) is 1.69.